The number of aromatic nitrogens is 1. The minimum Gasteiger partial charge on any atom is -0.618 e. The van der Waals surface area contributed by atoms with Crippen molar-refractivity contribution in [3.05, 3.63) is 70.0 Å². The zero-order valence-corrected chi connectivity index (χ0v) is 18.7. The third kappa shape index (κ3) is 4.96. The van der Waals surface area contributed by atoms with Gasteiger partial charge < -0.3 is 15.3 Å². The Morgan fingerprint density at radius 1 is 0.947 bits per heavy atom. The summed E-state index contributed by atoms with van der Waals surface area (Å²) in [4.78, 5) is 12.6. The van der Waals surface area contributed by atoms with Crippen LogP contribution in [0.2, 0.25) is 5.02 Å². The molecule has 0 aliphatic rings. The molecule has 206 valence electrons. The molecule has 1 N–H and O–H groups in total. The highest BCUT2D eigenvalue weighted by Crippen LogP contribution is 2.59. The van der Waals surface area contributed by atoms with Gasteiger partial charge in [-0.15, -0.1) is 0 Å². The lowest BCUT2D eigenvalue weighted by atomic mass is 9.87. The van der Waals surface area contributed by atoms with Gasteiger partial charge in [-0.25, -0.2) is 4.39 Å². The van der Waals surface area contributed by atoms with Crippen molar-refractivity contribution in [1.82, 2.24) is 0 Å². The summed E-state index contributed by atoms with van der Waals surface area (Å²) < 4.78 is 151. The van der Waals surface area contributed by atoms with E-state index in [0.717, 1.165) is 18.3 Å². The first-order chi connectivity index (χ1) is 17.3. The summed E-state index contributed by atoms with van der Waals surface area (Å²) >= 11 is 5.64. The number of hydrogen-bond acceptors (Lipinski definition) is 3. The lowest BCUT2D eigenvalue weighted by molar-refractivity contribution is -0.577. The topological polar surface area (TPSA) is 65.3 Å². The quantitative estimate of drug-likeness (QED) is 0.195. The van der Waals surface area contributed by atoms with E-state index < -0.39 is 64.6 Å². The molecule has 38 heavy (non-hydrogen) atoms. The molecule has 0 bridgehead atoms. The van der Waals surface area contributed by atoms with E-state index in [-0.39, 0.29) is 17.1 Å². The largest absolute Gasteiger partial charge is 0.618 e. The number of halogens is 12. The van der Waals surface area contributed by atoms with Crippen molar-refractivity contribution >= 4 is 34.1 Å². The van der Waals surface area contributed by atoms with Crippen molar-refractivity contribution in [2.75, 3.05) is 5.32 Å². The number of carbonyl (C=O) groups is 1. The second-order valence-corrected chi connectivity index (χ2v) is 7.91. The van der Waals surface area contributed by atoms with Crippen LogP contribution in [0.5, 0.6) is 5.75 Å². The van der Waals surface area contributed by atoms with Crippen molar-refractivity contribution in [2.24, 2.45) is 0 Å². The molecule has 1 unspecified atom stereocenters. The highest BCUT2D eigenvalue weighted by molar-refractivity contribution is 6.34. The van der Waals surface area contributed by atoms with Gasteiger partial charge in [-0.05, 0) is 30.3 Å². The average molecular weight is 583 g/mol. The number of amides is 1. The van der Waals surface area contributed by atoms with Gasteiger partial charge in [-0.3, -0.25) is 4.79 Å². The Labute approximate surface area is 208 Å². The van der Waals surface area contributed by atoms with Crippen LogP contribution in [0.3, 0.4) is 0 Å². The molecule has 3 rings (SSSR count). The molecular formula is C21H10ClF11N2O3. The number of fused-ring (bicyclic) bond motifs is 1. The minimum atomic E-state index is -7.12. The van der Waals surface area contributed by atoms with E-state index in [4.69, 9.17) is 11.6 Å². The van der Waals surface area contributed by atoms with E-state index in [0.29, 0.717) is 10.1 Å². The van der Waals surface area contributed by atoms with Crippen LogP contribution < -0.4 is 14.8 Å². The highest BCUT2D eigenvalue weighted by Gasteiger charge is 2.81. The fourth-order valence-corrected chi connectivity index (χ4v) is 3.57. The van der Waals surface area contributed by atoms with E-state index in [9.17, 15) is 58.3 Å². The number of carbonyl (C=O) groups excluding carboxylic acids is 1. The van der Waals surface area contributed by atoms with Gasteiger partial charge in [0, 0.05) is 28.6 Å². The second kappa shape index (κ2) is 9.63. The molecule has 0 radical (unpaired) electrons. The Kier molecular flexibility index (Phi) is 7.35. The predicted octanol–water partition coefficient (Wildman–Crippen LogP) is 6.91. The van der Waals surface area contributed by atoms with Crippen molar-refractivity contribution in [3.8, 4) is 5.75 Å². The molecule has 0 spiro atoms. The van der Waals surface area contributed by atoms with Crippen LogP contribution in [0.4, 0.5) is 54.0 Å². The van der Waals surface area contributed by atoms with Crippen molar-refractivity contribution in [1.29, 1.82) is 0 Å². The van der Waals surface area contributed by atoms with Crippen molar-refractivity contribution < 1.29 is 62.6 Å². The minimum absolute atomic E-state index is 0.0626. The van der Waals surface area contributed by atoms with Crippen LogP contribution >= 0.6 is 11.6 Å². The fourth-order valence-electron chi connectivity index (χ4n) is 3.32. The number of rotatable bonds is 6. The van der Waals surface area contributed by atoms with E-state index in [2.05, 4.69) is 4.74 Å². The molecule has 1 aromatic heterocycles. The van der Waals surface area contributed by atoms with Gasteiger partial charge in [-0.2, -0.15) is 48.6 Å². The van der Waals surface area contributed by atoms with E-state index in [1.54, 1.807) is 0 Å². The summed E-state index contributed by atoms with van der Waals surface area (Å²) in [5, 5.41) is 12.7. The van der Waals surface area contributed by atoms with Gasteiger partial charge in [0.15, 0.2) is 11.9 Å². The number of nitrogens with one attached hydrogen (secondary N) is 1. The molecule has 1 atom stereocenters. The fraction of sp³-hybridized carbons (Fsp3) is 0.238. The molecule has 0 aliphatic heterocycles. The standard InChI is InChI=1S/C21H10ClF11N2O3/c22-12-7-11(18(25,20(28,29)30)19(26,27)21(31,32)33)8-14(38-17(23)24)15(12)34-16(36)10-4-3-9-2-1-5-35(37)13(9)6-10/h1-8,17H,(H,34,36). The summed E-state index contributed by atoms with van der Waals surface area (Å²) in [5.41, 5.74) is -10.6. The summed E-state index contributed by atoms with van der Waals surface area (Å²) in [6, 6.07) is 5.39. The van der Waals surface area contributed by atoms with Crippen LogP contribution in [0.15, 0.2) is 48.7 Å². The van der Waals surface area contributed by atoms with Crippen LogP contribution in [-0.4, -0.2) is 30.8 Å². The van der Waals surface area contributed by atoms with E-state index >= 15 is 0 Å². The lowest BCUT2D eigenvalue weighted by Crippen LogP contribution is -2.59. The number of hydrogen-bond donors (Lipinski definition) is 1. The molecule has 1 heterocycles. The zero-order chi connectivity index (χ0) is 28.8. The summed E-state index contributed by atoms with van der Waals surface area (Å²) in [6.45, 7) is -3.94. The predicted molar refractivity (Wildman–Crippen MR) is 109 cm³/mol. The number of alkyl halides is 11. The highest BCUT2D eigenvalue weighted by atomic mass is 35.5. The number of benzene rings is 2. The summed E-state index contributed by atoms with van der Waals surface area (Å²) in [5.74, 6) is -10.0. The van der Waals surface area contributed by atoms with Gasteiger partial charge in [0.1, 0.15) is 5.69 Å². The average Bonchev–Trinajstić information content (AvgIpc) is 2.78. The van der Waals surface area contributed by atoms with Crippen LogP contribution in [-0.2, 0) is 5.67 Å². The van der Waals surface area contributed by atoms with Crippen LogP contribution in [0.25, 0.3) is 10.9 Å². The second-order valence-electron chi connectivity index (χ2n) is 7.50. The number of pyridine rings is 1. The molecule has 2 aromatic carbocycles. The molecule has 0 saturated heterocycles. The van der Waals surface area contributed by atoms with Crippen molar-refractivity contribution in [3.63, 3.8) is 0 Å². The maximum absolute atomic E-state index is 14.8. The Bertz CT molecular complexity index is 1380. The van der Waals surface area contributed by atoms with Gasteiger partial charge >= 0.3 is 30.6 Å². The molecule has 3 aromatic rings. The lowest BCUT2D eigenvalue weighted by Gasteiger charge is -2.36. The van der Waals surface area contributed by atoms with Gasteiger partial charge in [0.25, 0.3) is 5.91 Å². The van der Waals surface area contributed by atoms with E-state index in [1.165, 1.54) is 18.2 Å². The third-order valence-electron chi connectivity index (χ3n) is 5.11. The smallest absolute Gasteiger partial charge is 0.457 e. The Hall–Kier alpha value is -3.56. The molecule has 5 nitrogen and oxygen atoms in total. The number of ether oxygens (including phenoxy) is 1. The molecule has 1 amide bonds. The van der Waals surface area contributed by atoms with Gasteiger partial charge in [0.05, 0.1) is 5.02 Å². The van der Waals surface area contributed by atoms with Crippen molar-refractivity contribution in [2.45, 2.75) is 30.6 Å². The SMILES string of the molecule is O=C(Nc1c(Cl)cc(C(F)(C(F)(F)F)C(F)(F)C(F)(F)F)cc1OC(F)F)c1ccc2ccc[n+]([O-])c2c1. The normalized spacial score (nSPS) is 14.4. The van der Waals surface area contributed by atoms with Crippen LogP contribution in [0.1, 0.15) is 15.9 Å². The molecule has 0 aliphatic carbocycles. The number of nitrogens with zero attached hydrogens (tertiary/aromatic N) is 1. The number of anilines is 1. The first-order valence-corrected chi connectivity index (χ1v) is 10.1. The molecule has 17 heteroatoms. The first kappa shape index (κ1) is 29.0. The Morgan fingerprint density at radius 3 is 2.13 bits per heavy atom. The van der Waals surface area contributed by atoms with Gasteiger partial charge in [0.2, 0.25) is 5.52 Å². The summed E-state index contributed by atoms with van der Waals surface area (Å²) in [6.07, 6.45) is -13.0. The Morgan fingerprint density at radius 2 is 1.58 bits per heavy atom. The summed E-state index contributed by atoms with van der Waals surface area (Å²) in [7, 11) is 0. The van der Waals surface area contributed by atoms with E-state index in [1.807, 2.05) is 5.32 Å². The van der Waals surface area contributed by atoms with Gasteiger partial charge in [-0.1, -0.05) is 11.6 Å². The molecular weight excluding hydrogens is 573 g/mol. The zero-order valence-electron chi connectivity index (χ0n) is 17.9. The third-order valence-corrected chi connectivity index (χ3v) is 5.41. The monoisotopic (exact) mass is 582 g/mol. The molecule has 0 saturated carbocycles. The molecule has 0 fully saturated rings. The maximum atomic E-state index is 14.8. The maximum Gasteiger partial charge on any atom is 0.457 e. The van der Waals surface area contributed by atoms with Crippen LogP contribution in [0, 0.1) is 5.21 Å². The Balaban J connectivity index is 2.16. The first-order valence-electron chi connectivity index (χ1n) is 9.73.